The number of halogens is 5. The molecule has 0 heterocycles. The summed E-state index contributed by atoms with van der Waals surface area (Å²) in [6.45, 7) is 1.96. The average molecular weight is 349 g/mol. The molecule has 1 rings (SSSR count). The molecule has 0 saturated carbocycles. The molecule has 1 atom stereocenters. The monoisotopic (exact) mass is 347 g/mol. The Balaban J connectivity index is 0.00000289. The second-order valence-electron chi connectivity index (χ2n) is 3.66. The molecule has 1 aromatic carbocycles. The summed E-state index contributed by atoms with van der Waals surface area (Å²) in [7, 11) is 0. The molecule has 1 aromatic rings. The molecule has 0 fully saturated rings. The van der Waals surface area contributed by atoms with Gasteiger partial charge >= 0.3 is 6.36 Å². The summed E-state index contributed by atoms with van der Waals surface area (Å²) < 4.78 is 40.6. The van der Waals surface area contributed by atoms with Crippen molar-refractivity contribution in [2.24, 2.45) is 5.73 Å². The zero-order chi connectivity index (χ0) is 13.1. The topological polar surface area (TPSA) is 35.2 Å². The van der Waals surface area contributed by atoms with E-state index in [0.717, 1.165) is 6.42 Å². The smallest absolute Gasteiger partial charge is 0.406 e. The lowest BCUT2D eigenvalue weighted by atomic mass is 10.0. The first kappa shape index (κ1) is 17.5. The summed E-state index contributed by atoms with van der Waals surface area (Å²) in [6, 6.07) is 3.99. The third kappa shape index (κ3) is 5.93. The van der Waals surface area contributed by atoms with Crippen LogP contribution in [0.2, 0.25) is 0 Å². The van der Waals surface area contributed by atoms with E-state index >= 15 is 0 Å². The van der Waals surface area contributed by atoms with Crippen molar-refractivity contribution in [1.82, 2.24) is 0 Å². The highest BCUT2D eigenvalue weighted by atomic mass is 79.9. The van der Waals surface area contributed by atoms with Gasteiger partial charge in [-0.05, 0) is 30.2 Å². The van der Waals surface area contributed by atoms with Crippen molar-refractivity contribution in [2.75, 3.05) is 0 Å². The molecule has 0 bridgehead atoms. The van der Waals surface area contributed by atoms with Crippen molar-refractivity contribution in [1.29, 1.82) is 0 Å². The molecule has 0 aromatic heterocycles. The summed E-state index contributed by atoms with van der Waals surface area (Å²) in [6.07, 6.45) is -3.11. The van der Waals surface area contributed by atoms with Crippen LogP contribution in [0.4, 0.5) is 13.2 Å². The van der Waals surface area contributed by atoms with Gasteiger partial charge in [0.05, 0.1) is 0 Å². The maximum atomic E-state index is 12.1. The van der Waals surface area contributed by atoms with Crippen LogP contribution < -0.4 is 10.5 Å². The standard InChI is InChI=1S/C11H13BrF3NO.ClH/c1-2-3-10(16)7-4-8(12)6-9(5-7)17-11(13,14)15;/h4-6,10H,2-3,16H2,1H3;1H/t10-;/m1./s1. The largest absolute Gasteiger partial charge is 0.573 e. The Morgan fingerprint density at radius 3 is 2.44 bits per heavy atom. The second-order valence-corrected chi connectivity index (χ2v) is 4.58. The molecule has 0 radical (unpaired) electrons. The fourth-order valence-electron chi connectivity index (χ4n) is 1.47. The first-order valence-corrected chi connectivity index (χ1v) is 5.93. The van der Waals surface area contributed by atoms with Crippen molar-refractivity contribution in [2.45, 2.75) is 32.2 Å². The van der Waals surface area contributed by atoms with Crippen LogP contribution in [0.25, 0.3) is 0 Å². The van der Waals surface area contributed by atoms with E-state index < -0.39 is 6.36 Å². The lowest BCUT2D eigenvalue weighted by molar-refractivity contribution is -0.274. The minimum Gasteiger partial charge on any atom is -0.406 e. The van der Waals surface area contributed by atoms with E-state index in [1.54, 1.807) is 6.07 Å². The third-order valence-electron chi connectivity index (χ3n) is 2.16. The van der Waals surface area contributed by atoms with Gasteiger partial charge in [-0.3, -0.25) is 0 Å². The van der Waals surface area contributed by atoms with Crippen molar-refractivity contribution in [3.8, 4) is 5.75 Å². The number of hydrogen-bond donors (Lipinski definition) is 1. The molecule has 0 saturated heterocycles. The molecule has 2 N–H and O–H groups in total. The van der Waals surface area contributed by atoms with E-state index in [9.17, 15) is 13.2 Å². The fraction of sp³-hybridized carbons (Fsp3) is 0.455. The first-order valence-electron chi connectivity index (χ1n) is 5.13. The molecule has 7 heteroatoms. The summed E-state index contributed by atoms with van der Waals surface area (Å²) in [5.74, 6) is -0.256. The average Bonchev–Trinajstić information content (AvgIpc) is 2.14. The predicted molar refractivity (Wildman–Crippen MR) is 69.9 cm³/mol. The molecule has 18 heavy (non-hydrogen) atoms. The van der Waals surface area contributed by atoms with Gasteiger partial charge in [-0.2, -0.15) is 0 Å². The van der Waals surface area contributed by atoms with Crippen LogP contribution in [0.3, 0.4) is 0 Å². The van der Waals surface area contributed by atoms with Gasteiger partial charge in [-0.1, -0.05) is 29.3 Å². The van der Waals surface area contributed by atoms with Crippen LogP contribution in [0.5, 0.6) is 5.75 Å². The zero-order valence-corrected chi connectivity index (χ0v) is 12.0. The Bertz CT molecular complexity index is 387. The molecule has 0 aliphatic carbocycles. The Morgan fingerprint density at radius 1 is 1.33 bits per heavy atom. The molecule has 104 valence electrons. The first-order chi connectivity index (χ1) is 7.81. The maximum absolute atomic E-state index is 12.1. The molecule has 0 spiro atoms. The quantitative estimate of drug-likeness (QED) is 0.865. The van der Waals surface area contributed by atoms with Gasteiger partial charge < -0.3 is 10.5 Å². The van der Waals surface area contributed by atoms with Gasteiger partial charge in [0, 0.05) is 10.5 Å². The van der Waals surface area contributed by atoms with Gasteiger partial charge in [0.1, 0.15) is 5.75 Å². The van der Waals surface area contributed by atoms with Gasteiger partial charge in [0.2, 0.25) is 0 Å². The van der Waals surface area contributed by atoms with Crippen LogP contribution in [0.15, 0.2) is 22.7 Å². The van der Waals surface area contributed by atoms with Crippen molar-refractivity contribution in [3.05, 3.63) is 28.2 Å². The zero-order valence-electron chi connectivity index (χ0n) is 9.63. The highest BCUT2D eigenvalue weighted by Gasteiger charge is 2.31. The minimum atomic E-state index is -4.69. The van der Waals surface area contributed by atoms with Crippen LogP contribution >= 0.6 is 28.3 Å². The molecule has 0 aliphatic heterocycles. The summed E-state index contributed by atoms with van der Waals surface area (Å²) in [5, 5.41) is 0. The number of benzene rings is 1. The van der Waals surface area contributed by atoms with Gasteiger partial charge in [0.25, 0.3) is 0 Å². The number of rotatable bonds is 4. The Hall–Kier alpha value is -0.460. The van der Waals surface area contributed by atoms with Crippen LogP contribution in [-0.4, -0.2) is 6.36 Å². The Labute approximate surface area is 118 Å². The third-order valence-corrected chi connectivity index (χ3v) is 2.61. The second kappa shape index (κ2) is 7.21. The fourth-order valence-corrected chi connectivity index (χ4v) is 1.96. The Kier molecular flexibility index (Phi) is 7.02. The summed E-state index contributed by atoms with van der Waals surface area (Å²) >= 11 is 3.14. The van der Waals surface area contributed by atoms with Gasteiger partial charge in [-0.15, -0.1) is 25.6 Å². The summed E-state index contributed by atoms with van der Waals surface area (Å²) in [4.78, 5) is 0. The highest BCUT2D eigenvalue weighted by molar-refractivity contribution is 9.10. The number of alkyl halides is 3. The normalized spacial score (nSPS) is 12.8. The van der Waals surface area contributed by atoms with E-state index in [0.29, 0.717) is 16.5 Å². The van der Waals surface area contributed by atoms with E-state index in [1.165, 1.54) is 12.1 Å². The lowest BCUT2D eigenvalue weighted by Crippen LogP contribution is -2.18. The van der Waals surface area contributed by atoms with E-state index in [2.05, 4.69) is 20.7 Å². The number of ether oxygens (including phenoxy) is 1. The predicted octanol–water partition coefficient (Wildman–Crippen LogP) is 4.57. The van der Waals surface area contributed by atoms with E-state index in [4.69, 9.17) is 5.73 Å². The lowest BCUT2D eigenvalue weighted by Gasteiger charge is -2.14. The van der Waals surface area contributed by atoms with Crippen molar-refractivity contribution >= 4 is 28.3 Å². The molecule has 0 amide bonds. The number of hydrogen-bond acceptors (Lipinski definition) is 2. The molecule has 2 nitrogen and oxygen atoms in total. The molecule has 0 unspecified atom stereocenters. The summed E-state index contributed by atoms with van der Waals surface area (Å²) in [5.41, 5.74) is 6.47. The minimum absolute atomic E-state index is 0. The molecular formula is C11H14BrClF3NO. The van der Waals surface area contributed by atoms with E-state index in [1.807, 2.05) is 6.92 Å². The van der Waals surface area contributed by atoms with Gasteiger partial charge in [-0.25, -0.2) is 0 Å². The SMILES string of the molecule is CCC[C@@H](N)c1cc(Br)cc(OC(F)(F)F)c1.Cl. The van der Waals surface area contributed by atoms with Crippen LogP contribution in [0, 0.1) is 0 Å². The number of nitrogens with two attached hydrogens (primary N) is 1. The van der Waals surface area contributed by atoms with Crippen molar-refractivity contribution < 1.29 is 17.9 Å². The van der Waals surface area contributed by atoms with E-state index in [-0.39, 0.29) is 24.2 Å². The van der Waals surface area contributed by atoms with Crippen LogP contribution in [-0.2, 0) is 0 Å². The van der Waals surface area contributed by atoms with Crippen LogP contribution in [0.1, 0.15) is 31.4 Å². The maximum Gasteiger partial charge on any atom is 0.573 e. The molecular weight excluding hydrogens is 334 g/mol. The van der Waals surface area contributed by atoms with Crippen molar-refractivity contribution in [3.63, 3.8) is 0 Å². The highest BCUT2D eigenvalue weighted by Crippen LogP contribution is 2.29. The Morgan fingerprint density at radius 2 is 1.94 bits per heavy atom. The van der Waals surface area contributed by atoms with Gasteiger partial charge in [0.15, 0.2) is 0 Å². The molecule has 0 aliphatic rings.